The van der Waals surface area contributed by atoms with E-state index in [1.54, 1.807) is 24.3 Å². The third kappa shape index (κ3) is 3.20. The highest BCUT2D eigenvalue weighted by Gasteiger charge is 2.05. The van der Waals surface area contributed by atoms with Gasteiger partial charge in [0.05, 0.1) is 14.0 Å². The zero-order valence-corrected chi connectivity index (χ0v) is 10.8. The van der Waals surface area contributed by atoms with Crippen molar-refractivity contribution >= 4 is 11.7 Å². The standard InChI is InChI=1S/C15H15NO4/c1-20-15(19)10-2-4-12(5-3-10)16-9-11-8-13(17)6-7-14(11)18/h2-8,16-18H,9H2,1H3/i9T. The average molecular weight is 275 g/mol. The van der Waals surface area contributed by atoms with E-state index in [4.69, 9.17) is 1.37 Å². The molecule has 1 unspecified atom stereocenters. The fourth-order valence-corrected chi connectivity index (χ4v) is 1.64. The summed E-state index contributed by atoms with van der Waals surface area (Å²) in [5.74, 6) is -0.538. The van der Waals surface area contributed by atoms with Gasteiger partial charge in [-0.05, 0) is 42.5 Å². The van der Waals surface area contributed by atoms with E-state index in [-0.39, 0.29) is 17.1 Å². The molecule has 0 saturated carbocycles. The summed E-state index contributed by atoms with van der Waals surface area (Å²) in [4.78, 5) is 11.3. The molecular weight excluding hydrogens is 258 g/mol. The van der Waals surface area contributed by atoms with Crippen LogP contribution in [0.15, 0.2) is 42.5 Å². The van der Waals surface area contributed by atoms with E-state index in [0.717, 1.165) is 0 Å². The molecule has 0 radical (unpaired) electrons. The predicted molar refractivity (Wildman–Crippen MR) is 74.9 cm³/mol. The van der Waals surface area contributed by atoms with Crippen molar-refractivity contribution in [1.29, 1.82) is 0 Å². The van der Waals surface area contributed by atoms with Crippen LogP contribution in [0.2, 0.25) is 0 Å². The Morgan fingerprint density at radius 3 is 2.60 bits per heavy atom. The van der Waals surface area contributed by atoms with E-state index in [1.807, 2.05) is 0 Å². The highest BCUT2D eigenvalue weighted by atomic mass is 16.5. The molecule has 0 saturated heterocycles. The van der Waals surface area contributed by atoms with Gasteiger partial charge in [0.15, 0.2) is 0 Å². The lowest BCUT2D eigenvalue weighted by atomic mass is 10.1. The van der Waals surface area contributed by atoms with Crippen LogP contribution in [-0.2, 0) is 11.3 Å². The van der Waals surface area contributed by atoms with Crippen LogP contribution in [0.25, 0.3) is 0 Å². The highest BCUT2D eigenvalue weighted by Crippen LogP contribution is 2.23. The molecule has 0 heterocycles. The van der Waals surface area contributed by atoms with Crippen molar-refractivity contribution in [2.45, 2.75) is 6.52 Å². The Morgan fingerprint density at radius 2 is 1.95 bits per heavy atom. The lowest BCUT2D eigenvalue weighted by molar-refractivity contribution is 0.0601. The second-order valence-electron chi connectivity index (χ2n) is 4.10. The number of rotatable bonds is 4. The van der Waals surface area contributed by atoms with E-state index in [0.29, 0.717) is 11.3 Å². The van der Waals surface area contributed by atoms with E-state index >= 15 is 0 Å². The number of esters is 1. The number of anilines is 1. The molecule has 2 aromatic carbocycles. The molecule has 1 atom stereocenters. The molecule has 104 valence electrons. The SMILES string of the molecule is [3H]C(Nc1ccc(C(=O)OC)cc1)c1cc(O)ccc1O. The van der Waals surface area contributed by atoms with Crippen molar-refractivity contribution in [1.82, 2.24) is 0 Å². The second-order valence-corrected chi connectivity index (χ2v) is 4.10. The first-order valence-electron chi connectivity index (χ1n) is 6.48. The van der Waals surface area contributed by atoms with Crippen molar-refractivity contribution in [3.05, 3.63) is 53.6 Å². The van der Waals surface area contributed by atoms with Crippen LogP contribution < -0.4 is 5.32 Å². The normalized spacial score (nSPS) is 12.3. The van der Waals surface area contributed by atoms with Crippen molar-refractivity contribution < 1.29 is 21.1 Å². The molecule has 0 spiro atoms. The summed E-state index contributed by atoms with van der Waals surface area (Å²) < 4.78 is 12.6. The molecule has 0 aliphatic carbocycles. The van der Waals surface area contributed by atoms with Gasteiger partial charge in [-0.1, -0.05) is 0 Å². The van der Waals surface area contributed by atoms with Crippen molar-refractivity contribution in [2.75, 3.05) is 12.4 Å². The molecule has 0 aromatic heterocycles. The zero-order valence-electron chi connectivity index (χ0n) is 11.8. The minimum Gasteiger partial charge on any atom is -0.508 e. The van der Waals surface area contributed by atoms with Crippen LogP contribution in [0.4, 0.5) is 5.69 Å². The topological polar surface area (TPSA) is 78.8 Å². The number of hydrogen-bond donors (Lipinski definition) is 3. The second kappa shape index (κ2) is 5.97. The largest absolute Gasteiger partial charge is 0.508 e. The van der Waals surface area contributed by atoms with Gasteiger partial charge in [-0.25, -0.2) is 4.79 Å². The van der Waals surface area contributed by atoms with Gasteiger partial charge in [0.1, 0.15) is 11.5 Å². The number of aromatic hydroxyl groups is 2. The quantitative estimate of drug-likeness (QED) is 0.590. The lowest BCUT2D eigenvalue weighted by Crippen LogP contribution is -2.02. The predicted octanol–water partition coefficient (Wildman–Crippen LogP) is 2.50. The first kappa shape index (κ1) is 12.3. The Kier molecular flexibility index (Phi) is 3.68. The van der Waals surface area contributed by atoms with Crippen molar-refractivity contribution in [3.63, 3.8) is 0 Å². The van der Waals surface area contributed by atoms with Gasteiger partial charge in [0.2, 0.25) is 0 Å². The summed E-state index contributed by atoms with van der Waals surface area (Å²) >= 11 is 0. The maximum absolute atomic E-state index is 11.3. The van der Waals surface area contributed by atoms with Gasteiger partial charge in [-0.15, -0.1) is 0 Å². The Hall–Kier alpha value is -2.69. The number of carbonyl (C=O) groups excluding carboxylic acids is 1. The van der Waals surface area contributed by atoms with Gasteiger partial charge in [0, 0.05) is 17.8 Å². The zero-order chi connectivity index (χ0) is 15.4. The monoisotopic (exact) mass is 275 g/mol. The minimum atomic E-state index is -0.957. The van der Waals surface area contributed by atoms with Crippen LogP contribution in [-0.4, -0.2) is 23.3 Å². The van der Waals surface area contributed by atoms with Gasteiger partial charge in [-0.3, -0.25) is 0 Å². The van der Waals surface area contributed by atoms with Gasteiger partial charge in [0.25, 0.3) is 0 Å². The average Bonchev–Trinajstić information content (AvgIpc) is 2.49. The Balaban J connectivity index is 2.14. The third-order valence-electron chi connectivity index (χ3n) is 2.71. The summed E-state index contributed by atoms with van der Waals surface area (Å²) in [6.45, 7) is -0.957. The Labute approximate surface area is 117 Å². The molecule has 0 bridgehead atoms. The molecule has 5 nitrogen and oxygen atoms in total. The van der Waals surface area contributed by atoms with Crippen LogP contribution in [0.3, 0.4) is 0 Å². The smallest absolute Gasteiger partial charge is 0.337 e. The van der Waals surface area contributed by atoms with Crippen molar-refractivity contribution in [2.24, 2.45) is 0 Å². The summed E-state index contributed by atoms with van der Waals surface area (Å²) in [5, 5.41) is 22.0. The van der Waals surface area contributed by atoms with Gasteiger partial charge in [-0.2, -0.15) is 0 Å². The Morgan fingerprint density at radius 1 is 1.25 bits per heavy atom. The lowest BCUT2D eigenvalue weighted by Gasteiger charge is -2.09. The van der Waals surface area contributed by atoms with Crippen LogP contribution >= 0.6 is 0 Å². The molecule has 2 rings (SSSR count). The van der Waals surface area contributed by atoms with E-state index in [2.05, 4.69) is 10.1 Å². The molecule has 0 amide bonds. The highest BCUT2D eigenvalue weighted by molar-refractivity contribution is 5.89. The summed E-state index contributed by atoms with van der Waals surface area (Å²) in [5.41, 5.74) is 1.27. The fourth-order valence-electron chi connectivity index (χ4n) is 1.64. The number of methoxy groups -OCH3 is 1. The third-order valence-corrected chi connectivity index (χ3v) is 2.71. The summed E-state index contributed by atoms with van der Waals surface area (Å²) in [6, 6.07) is 10.4. The molecule has 5 heteroatoms. The molecule has 2 aromatic rings. The maximum Gasteiger partial charge on any atom is 0.337 e. The first-order chi connectivity index (χ1) is 10.0. The number of ether oxygens (including phenoxy) is 1. The number of hydrogen-bond acceptors (Lipinski definition) is 5. The van der Waals surface area contributed by atoms with Gasteiger partial charge >= 0.3 is 5.97 Å². The number of phenols is 2. The number of benzene rings is 2. The molecule has 3 N–H and O–H groups in total. The van der Waals surface area contributed by atoms with Crippen LogP contribution in [0.1, 0.15) is 17.3 Å². The molecule has 0 fully saturated rings. The molecule has 0 aliphatic rings. The van der Waals surface area contributed by atoms with E-state index < -0.39 is 12.5 Å². The van der Waals surface area contributed by atoms with Gasteiger partial charge < -0.3 is 20.3 Å². The molecular formula is C15H15NO4. The number of nitrogens with one attached hydrogen (secondary N) is 1. The first-order valence-corrected chi connectivity index (χ1v) is 5.90. The van der Waals surface area contributed by atoms with Crippen LogP contribution in [0.5, 0.6) is 11.5 Å². The van der Waals surface area contributed by atoms with E-state index in [9.17, 15) is 15.0 Å². The Bertz CT molecular complexity index is 643. The maximum atomic E-state index is 11.3. The van der Waals surface area contributed by atoms with E-state index in [1.165, 1.54) is 25.3 Å². The molecule has 0 aliphatic heterocycles. The number of carbonyl (C=O) groups is 1. The minimum absolute atomic E-state index is 0.0251. The number of phenolic OH excluding ortho intramolecular Hbond substituents is 2. The van der Waals surface area contributed by atoms with Crippen molar-refractivity contribution in [3.8, 4) is 11.5 Å². The fraction of sp³-hybridized carbons (Fsp3) is 0.133. The molecule has 20 heavy (non-hydrogen) atoms. The summed E-state index contributed by atoms with van der Waals surface area (Å²) in [6.07, 6.45) is 0. The summed E-state index contributed by atoms with van der Waals surface area (Å²) in [7, 11) is 1.30. The van der Waals surface area contributed by atoms with Crippen LogP contribution in [0, 0.1) is 0 Å².